The lowest BCUT2D eigenvalue weighted by molar-refractivity contribution is 0.252. The van der Waals surface area contributed by atoms with Gasteiger partial charge in [-0.3, -0.25) is 0 Å². The van der Waals surface area contributed by atoms with Gasteiger partial charge in [0.15, 0.2) is 0 Å². The molecular formula is C15H20N2O2. The summed E-state index contributed by atoms with van der Waals surface area (Å²) < 4.78 is 0. The van der Waals surface area contributed by atoms with Crippen molar-refractivity contribution in [3.8, 4) is 11.8 Å². The molecule has 0 bridgehead atoms. The van der Waals surface area contributed by atoms with Gasteiger partial charge in [-0.2, -0.15) is 0 Å². The van der Waals surface area contributed by atoms with Crippen LogP contribution in [-0.4, -0.2) is 24.3 Å². The molecule has 0 saturated heterocycles. The number of hydrogen-bond donors (Lipinski definition) is 3. The Hall–Kier alpha value is -1.99. The summed E-state index contributed by atoms with van der Waals surface area (Å²) >= 11 is 0. The predicted octanol–water partition coefficient (Wildman–Crippen LogP) is 2.26. The molecule has 0 spiro atoms. The second-order valence-corrected chi connectivity index (χ2v) is 4.22. The molecule has 3 N–H and O–H groups in total. The summed E-state index contributed by atoms with van der Waals surface area (Å²) in [5, 5.41) is 14.2. The molecule has 0 heterocycles. The fourth-order valence-corrected chi connectivity index (χ4v) is 1.52. The molecule has 1 aromatic carbocycles. The number of urea groups is 1. The van der Waals surface area contributed by atoms with Gasteiger partial charge in [0.2, 0.25) is 0 Å². The number of aliphatic hydroxyl groups excluding tert-OH is 1. The molecule has 102 valence electrons. The topological polar surface area (TPSA) is 61.4 Å². The van der Waals surface area contributed by atoms with Crippen molar-refractivity contribution in [2.45, 2.75) is 26.7 Å². The Kier molecular flexibility index (Phi) is 6.48. The number of carbonyl (C=O) groups is 1. The zero-order valence-corrected chi connectivity index (χ0v) is 11.4. The average molecular weight is 260 g/mol. The van der Waals surface area contributed by atoms with E-state index in [9.17, 15) is 4.79 Å². The fourth-order valence-electron chi connectivity index (χ4n) is 1.52. The number of benzene rings is 1. The molecule has 1 rings (SSSR count). The van der Waals surface area contributed by atoms with Crippen molar-refractivity contribution in [1.29, 1.82) is 0 Å². The lowest BCUT2D eigenvalue weighted by Crippen LogP contribution is -2.29. The molecule has 4 heteroatoms. The zero-order valence-electron chi connectivity index (χ0n) is 11.4. The second-order valence-electron chi connectivity index (χ2n) is 4.22. The van der Waals surface area contributed by atoms with Crippen LogP contribution < -0.4 is 10.6 Å². The summed E-state index contributed by atoms with van der Waals surface area (Å²) in [7, 11) is 0. The summed E-state index contributed by atoms with van der Waals surface area (Å²) in [4.78, 5) is 11.6. The molecule has 2 amide bonds. The van der Waals surface area contributed by atoms with Crippen molar-refractivity contribution >= 4 is 11.7 Å². The maximum absolute atomic E-state index is 11.6. The minimum Gasteiger partial charge on any atom is -0.384 e. The van der Waals surface area contributed by atoms with Gasteiger partial charge in [0.05, 0.1) is 0 Å². The maximum atomic E-state index is 11.6. The summed E-state index contributed by atoms with van der Waals surface area (Å²) in [6.45, 7) is 4.51. The lowest BCUT2D eigenvalue weighted by atomic mass is 10.1. The Labute approximate surface area is 114 Å². The molecular weight excluding hydrogens is 240 g/mol. The molecule has 1 aromatic rings. The van der Waals surface area contributed by atoms with E-state index in [1.807, 2.05) is 19.1 Å². The van der Waals surface area contributed by atoms with Crippen LogP contribution in [0.2, 0.25) is 0 Å². The molecule has 0 unspecified atom stereocenters. The van der Waals surface area contributed by atoms with Crippen LogP contribution in [0, 0.1) is 18.8 Å². The molecule has 4 nitrogen and oxygen atoms in total. The standard InChI is InChI=1S/C15H20N2O2/c1-3-4-9-16-15(19)17-14-8-7-12(2)13(11-14)6-5-10-18/h7-8,11,18H,3-4,9-10H2,1-2H3,(H2,16,17,19). The first-order valence-corrected chi connectivity index (χ1v) is 6.42. The number of aliphatic hydroxyl groups is 1. The van der Waals surface area contributed by atoms with Crippen LogP contribution in [0.5, 0.6) is 0 Å². The van der Waals surface area contributed by atoms with E-state index < -0.39 is 0 Å². The van der Waals surface area contributed by atoms with Crippen molar-refractivity contribution < 1.29 is 9.90 Å². The predicted molar refractivity (Wildman–Crippen MR) is 77.1 cm³/mol. The Morgan fingerprint density at radius 1 is 1.42 bits per heavy atom. The fraction of sp³-hybridized carbons (Fsp3) is 0.400. The number of carbonyl (C=O) groups excluding carboxylic acids is 1. The third kappa shape index (κ3) is 5.45. The first-order chi connectivity index (χ1) is 9.17. The number of unbranched alkanes of at least 4 members (excludes halogenated alkanes) is 1. The van der Waals surface area contributed by atoms with E-state index >= 15 is 0 Å². The van der Waals surface area contributed by atoms with Gasteiger partial charge in [-0.25, -0.2) is 4.79 Å². The first kappa shape index (κ1) is 15.1. The van der Waals surface area contributed by atoms with Gasteiger partial charge in [0.1, 0.15) is 6.61 Å². The van der Waals surface area contributed by atoms with Crippen LogP contribution in [0.15, 0.2) is 18.2 Å². The molecule has 0 fully saturated rings. The van der Waals surface area contributed by atoms with Crippen molar-refractivity contribution in [1.82, 2.24) is 5.32 Å². The van der Waals surface area contributed by atoms with E-state index in [1.165, 1.54) is 0 Å². The number of hydrogen-bond acceptors (Lipinski definition) is 2. The van der Waals surface area contributed by atoms with Crippen molar-refractivity contribution in [2.75, 3.05) is 18.5 Å². The third-order valence-corrected chi connectivity index (χ3v) is 2.61. The van der Waals surface area contributed by atoms with E-state index in [1.54, 1.807) is 6.07 Å². The number of anilines is 1. The van der Waals surface area contributed by atoms with Gasteiger partial charge in [-0.1, -0.05) is 31.3 Å². The Morgan fingerprint density at radius 2 is 2.21 bits per heavy atom. The lowest BCUT2D eigenvalue weighted by Gasteiger charge is -2.08. The first-order valence-electron chi connectivity index (χ1n) is 6.42. The summed E-state index contributed by atoms with van der Waals surface area (Å²) in [5.74, 6) is 5.46. The highest BCUT2D eigenvalue weighted by atomic mass is 16.2. The molecule has 0 atom stereocenters. The molecule has 0 radical (unpaired) electrons. The minimum atomic E-state index is -0.210. The number of nitrogens with one attached hydrogen (secondary N) is 2. The van der Waals surface area contributed by atoms with E-state index in [2.05, 4.69) is 29.4 Å². The van der Waals surface area contributed by atoms with Crippen molar-refractivity contribution in [3.63, 3.8) is 0 Å². The number of rotatable bonds is 4. The third-order valence-electron chi connectivity index (χ3n) is 2.61. The van der Waals surface area contributed by atoms with Crippen LogP contribution in [0.3, 0.4) is 0 Å². The average Bonchev–Trinajstić information content (AvgIpc) is 2.39. The van der Waals surface area contributed by atoms with Gasteiger partial charge < -0.3 is 15.7 Å². The normalized spacial score (nSPS) is 9.42. The monoisotopic (exact) mass is 260 g/mol. The quantitative estimate of drug-likeness (QED) is 0.574. The molecule has 19 heavy (non-hydrogen) atoms. The van der Waals surface area contributed by atoms with Crippen LogP contribution in [0.25, 0.3) is 0 Å². The highest BCUT2D eigenvalue weighted by Gasteiger charge is 2.02. The summed E-state index contributed by atoms with van der Waals surface area (Å²) in [6, 6.07) is 5.32. The van der Waals surface area contributed by atoms with Gasteiger partial charge in [0, 0.05) is 17.8 Å². The van der Waals surface area contributed by atoms with Crippen LogP contribution in [0.4, 0.5) is 10.5 Å². The van der Waals surface area contributed by atoms with Gasteiger partial charge in [-0.05, 0) is 31.0 Å². The number of amides is 2. The van der Waals surface area contributed by atoms with Crippen molar-refractivity contribution in [3.05, 3.63) is 29.3 Å². The maximum Gasteiger partial charge on any atom is 0.319 e. The summed E-state index contributed by atoms with van der Waals surface area (Å²) in [5.41, 5.74) is 2.51. The van der Waals surface area contributed by atoms with Gasteiger partial charge in [0.25, 0.3) is 0 Å². The highest BCUT2D eigenvalue weighted by Crippen LogP contribution is 2.14. The SMILES string of the molecule is CCCCNC(=O)Nc1ccc(C)c(C#CCO)c1. The van der Waals surface area contributed by atoms with Crippen molar-refractivity contribution in [2.24, 2.45) is 0 Å². The van der Waals surface area contributed by atoms with E-state index in [0.717, 1.165) is 24.0 Å². The minimum absolute atomic E-state index is 0.172. The van der Waals surface area contributed by atoms with E-state index in [-0.39, 0.29) is 12.6 Å². The largest absolute Gasteiger partial charge is 0.384 e. The Morgan fingerprint density at radius 3 is 2.89 bits per heavy atom. The van der Waals surface area contributed by atoms with E-state index in [0.29, 0.717) is 12.2 Å². The van der Waals surface area contributed by atoms with Gasteiger partial charge >= 0.3 is 6.03 Å². The van der Waals surface area contributed by atoms with Gasteiger partial charge in [-0.15, -0.1) is 0 Å². The molecule has 0 aliphatic rings. The molecule has 0 saturated carbocycles. The van der Waals surface area contributed by atoms with E-state index in [4.69, 9.17) is 5.11 Å². The Balaban J connectivity index is 2.66. The molecule has 0 aliphatic heterocycles. The number of aryl methyl sites for hydroxylation is 1. The molecule has 0 aromatic heterocycles. The van der Waals surface area contributed by atoms with Crippen LogP contribution in [-0.2, 0) is 0 Å². The zero-order chi connectivity index (χ0) is 14.1. The smallest absolute Gasteiger partial charge is 0.319 e. The Bertz CT molecular complexity index is 487. The molecule has 0 aliphatic carbocycles. The summed E-state index contributed by atoms with van der Waals surface area (Å²) in [6.07, 6.45) is 2.01. The van der Waals surface area contributed by atoms with Crippen LogP contribution in [0.1, 0.15) is 30.9 Å². The van der Waals surface area contributed by atoms with Crippen LogP contribution >= 0.6 is 0 Å². The second kappa shape index (κ2) is 8.17. The highest BCUT2D eigenvalue weighted by molar-refractivity contribution is 5.89.